The van der Waals surface area contributed by atoms with E-state index >= 15 is 0 Å². The first kappa shape index (κ1) is 80.7. The third-order valence-corrected chi connectivity index (χ3v) is 15.7. The average molecular weight is 1240 g/mol. The van der Waals surface area contributed by atoms with E-state index in [1.165, 1.54) is 69.1 Å². The molecule has 21 nitrogen and oxygen atoms in total. The van der Waals surface area contributed by atoms with Crippen molar-refractivity contribution in [3.8, 4) is 0 Å². The molecule has 506 valence electrons. The average Bonchev–Trinajstić information content (AvgIpc) is 2.97. The highest BCUT2D eigenvalue weighted by Gasteiger charge is 2.40. The molecule has 0 spiro atoms. The minimum absolute atomic E-state index is 0.00312. The summed E-state index contributed by atoms with van der Waals surface area (Å²) in [4.78, 5) is 104. The Morgan fingerprint density at radius 3 is 1.16 bits per heavy atom. The zero-order valence-electron chi connectivity index (χ0n) is 55.3. The van der Waals surface area contributed by atoms with Crippen LogP contribution in [0.2, 0.25) is 0 Å². The second-order valence-corrected chi connectivity index (χ2v) is 23.5. The highest BCUT2D eigenvalue weighted by molar-refractivity contribution is 6.04. The summed E-state index contributed by atoms with van der Waals surface area (Å²) in [6.45, 7) is 17.4. The molecule has 87 heavy (non-hydrogen) atoms. The van der Waals surface area contributed by atoms with Gasteiger partial charge in [-0.1, -0.05) is 170 Å². The molecule has 0 aromatic carbocycles. The maximum atomic E-state index is 13.5. The number of carbonyl (C=O) groups is 8. The molecule has 0 aliphatic carbocycles. The summed E-state index contributed by atoms with van der Waals surface area (Å²) in [5.74, 6) is -1.92. The van der Waals surface area contributed by atoms with Crippen LogP contribution in [-0.2, 0) is 66.8 Å². The first-order chi connectivity index (χ1) is 42.3. The fraction of sp³-hybridized carbons (Fsp3) is 0.879. The number of hydrogen-bond acceptors (Lipinski definition) is 14. The summed E-state index contributed by atoms with van der Waals surface area (Å²) < 4.78 is 33.7. The molecule has 1 fully saturated rings. The molecule has 0 bridgehead atoms. The highest BCUT2D eigenvalue weighted by atomic mass is 16.6. The number of hydrogen-bond donors (Lipinski definition) is 6. The van der Waals surface area contributed by atoms with Crippen LogP contribution in [0.25, 0.3) is 0 Å². The van der Waals surface area contributed by atoms with Crippen molar-refractivity contribution in [2.75, 3.05) is 119 Å². The summed E-state index contributed by atoms with van der Waals surface area (Å²) in [6, 6.07) is -0.995. The number of rotatable bonds is 62. The molecule has 8 amide bonds. The normalized spacial score (nSPS) is 14.3. The fourth-order valence-electron chi connectivity index (χ4n) is 10.3. The largest absolute Gasteiger partial charge is 0.379 e. The van der Waals surface area contributed by atoms with E-state index in [1.807, 2.05) is 13.8 Å². The monoisotopic (exact) mass is 1240 g/mol. The smallest absolute Gasteiger partial charge is 0.242 e. The van der Waals surface area contributed by atoms with Gasteiger partial charge in [0.1, 0.15) is 6.04 Å². The summed E-state index contributed by atoms with van der Waals surface area (Å²) >= 11 is 0. The maximum absolute atomic E-state index is 13.5. The Hall–Kier alpha value is -4.28. The molecular formula is C66H123N7O14. The minimum Gasteiger partial charge on any atom is -0.379 e. The molecular weight excluding hydrogens is 1110 g/mol. The summed E-state index contributed by atoms with van der Waals surface area (Å²) in [6.07, 6.45) is 27.3. The van der Waals surface area contributed by atoms with Gasteiger partial charge in [0.2, 0.25) is 47.3 Å². The first-order valence-corrected chi connectivity index (χ1v) is 34.3. The molecule has 1 heterocycles. The third-order valence-electron chi connectivity index (χ3n) is 15.7. The lowest BCUT2D eigenvalue weighted by Crippen LogP contribution is -2.48. The zero-order chi connectivity index (χ0) is 63.8. The molecule has 0 radical (unpaired) electrons. The van der Waals surface area contributed by atoms with E-state index in [0.717, 1.165) is 89.9 Å². The van der Waals surface area contributed by atoms with Gasteiger partial charge in [0, 0.05) is 82.7 Å². The molecule has 4 atom stereocenters. The predicted molar refractivity (Wildman–Crippen MR) is 341 cm³/mol. The van der Waals surface area contributed by atoms with Crippen LogP contribution in [0.3, 0.4) is 0 Å². The van der Waals surface area contributed by atoms with Crippen molar-refractivity contribution in [2.45, 2.75) is 234 Å². The lowest BCUT2D eigenvalue weighted by molar-refractivity contribution is -0.140. The van der Waals surface area contributed by atoms with Gasteiger partial charge in [-0.15, -0.1) is 0 Å². The van der Waals surface area contributed by atoms with Crippen molar-refractivity contribution < 1.29 is 66.8 Å². The van der Waals surface area contributed by atoms with Crippen molar-refractivity contribution in [3.63, 3.8) is 0 Å². The van der Waals surface area contributed by atoms with Gasteiger partial charge < -0.3 is 60.3 Å². The van der Waals surface area contributed by atoms with Crippen molar-refractivity contribution in [3.05, 3.63) is 0 Å². The zero-order valence-corrected chi connectivity index (χ0v) is 55.3. The van der Waals surface area contributed by atoms with Gasteiger partial charge in [0.15, 0.2) is 0 Å². The number of ether oxygens (including phenoxy) is 6. The summed E-state index contributed by atoms with van der Waals surface area (Å²) in [5, 5.41) is 17.3. The van der Waals surface area contributed by atoms with E-state index in [-0.39, 0.29) is 164 Å². The number of unbranched alkanes of at least 4 members (excludes halogenated alkanes) is 16. The lowest BCUT2D eigenvalue weighted by Gasteiger charge is -2.19. The number of imide groups is 1. The Balaban J connectivity index is 2.51. The van der Waals surface area contributed by atoms with Crippen LogP contribution in [0.15, 0.2) is 0 Å². The predicted octanol–water partition coefficient (Wildman–Crippen LogP) is 8.42. The van der Waals surface area contributed by atoms with E-state index in [1.54, 1.807) is 0 Å². The molecule has 0 saturated carbocycles. The van der Waals surface area contributed by atoms with E-state index in [2.05, 4.69) is 59.6 Å². The molecule has 1 saturated heterocycles. The van der Waals surface area contributed by atoms with E-state index in [4.69, 9.17) is 28.4 Å². The van der Waals surface area contributed by atoms with Crippen molar-refractivity contribution in [1.29, 1.82) is 0 Å². The van der Waals surface area contributed by atoms with Gasteiger partial charge in [-0.3, -0.25) is 43.3 Å². The second kappa shape index (κ2) is 56.9. The van der Waals surface area contributed by atoms with Gasteiger partial charge in [-0.25, -0.2) is 0 Å². The molecule has 1 aliphatic rings. The standard InChI is InChI=1S/C66H123N7O14/c1-7-11-15-19-21-25-29-55(27-23-17-13-9-3)63(78)69-37-44-83-42-35-67-59(74)32-31-58(65(80)71-39-46-84-45-38-70-64(79)56(28-24-18-14-10-4)30-26-22-20-16-12-8-2)72-61(76)34-41-82-47-49-86-51-52-87-50-48-85-43-36-68-60(75)33-40-73-62(77)53-57(54(5)6)66(73)81/h54-58H,7-53H2,1-6H3,(H,67,74)(H,68,75)(H,69,78)(H,70,79)(H,71,80)(H,72,76)/t55?,56?,57?,58-/m0/s1. The number of nitrogens with zero attached hydrogens (tertiary/aromatic N) is 1. The molecule has 1 rings (SSSR count). The van der Waals surface area contributed by atoms with E-state index in [9.17, 15) is 38.4 Å². The van der Waals surface area contributed by atoms with Crippen LogP contribution in [0.1, 0.15) is 228 Å². The van der Waals surface area contributed by atoms with Crippen LogP contribution in [0, 0.1) is 23.7 Å². The van der Waals surface area contributed by atoms with Gasteiger partial charge >= 0.3 is 0 Å². The number of amides is 8. The Morgan fingerprint density at radius 2 is 0.747 bits per heavy atom. The third kappa shape index (κ3) is 44.8. The van der Waals surface area contributed by atoms with Gasteiger partial charge in [0.05, 0.1) is 79.3 Å². The Kier molecular flexibility index (Phi) is 52.8. The second-order valence-electron chi connectivity index (χ2n) is 23.5. The highest BCUT2D eigenvalue weighted by Crippen LogP contribution is 2.26. The van der Waals surface area contributed by atoms with E-state index in [0.29, 0.717) is 46.1 Å². The number of nitrogens with one attached hydrogen (secondary N) is 6. The van der Waals surface area contributed by atoms with Gasteiger partial charge in [-0.2, -0.15) is 0 Å². The minimum atomic E-state index is -0.995. The van der Waals surface area contributed by atoms with Gasteiger partial charge in [0.25, 0.3) is 0 Å². The molecule has 21 heteroatoms. The quantitative estimate of drug-likeness (QED) is 0.0247. The maximum Gasteiger partial charge on any atom is 0.242 e. The molecule has 1 aliphatic heterocycles. The Labute approximate surface area is 524 Å². The fourth-order valence-corrected chi connectivity index (χ4v) is 10.3. The Morgan fingerprint density at radius 1 is 0.402 bits per heavy atom. The number of likely N-dealkylation sites (tertiary alicyclic amines) is 1. The van der Waals surface area contributed by atoms with Crippen LogP contribution >= 0.6 is 0 Å². The molecule has 0 aromatic rings. The van der Waals surface area contributed by atoms with Crippen LogP contribution in [0.5, 0.6) is 0 Å². The van der Waals surface area contributed by atoms with Crippen molar-refractivity contribution in [2.24, 2.45) is 23.7 Å². The van der Waals surface area contributed by atoms with Crippen LogP contribution in [0.4, 0.5) is 0 Å². The van der Waals surface area contributed by atoms with Gasteiger partial charge in [-0.05, 0) is 38.0 Å². The van der Waals surface area contributed by atoms with Crippen molar-refractivity contribution in [1.82, 2.24) is 36.8 Å². The summed E-state index contributed by atoms with van der Waals surface area (Å²) in [5.41, 5.74) is 0. The molecule has 3 unspecified atom stereocenters. The van der Waals surface area contributed by atoms with E-state index < -0.39 is 17.9 Å². The SMILES string of the molecule is CCCCCCCCC(CCCCCC)C(=O)NCCOCCNC(=O)CC[C@H](NC(=O)CCOCCOCCOCCOCCNC(=O)CCN1C(=O)CC(C(C)C)C1=O)C(=O)NCCOCCNC(=O)C(CCCCCC)CCCCCCCC. The summed E-state index contributed by atoms with van der Waals surface area (Å²) in [7, 11) is 0. The molecule has 6 N–H and O–H groups in total. The lowest BCUT2D eigenvalue weighted by atomic mass is 9.93. The topological polar surface area (TPSA) is 267 Å². The van der Waals surface area contributed by atoms with Crippen LogP contribution in [-0.4, -0.2) is 177 Å². The Bertz CT molecular complexity index is 1800. The number of carbonyl (C=O) groups excluding carboxylic acids is 8. The van der Waals surface area contributed by atoms with Crippen molar-refractivity contribution >= 4 is 47.3 Å². The molecule has 0 aromatic heterocycles. The first-order valence-electron chi connectivity index (χ1n) is 34.3. The van der Waals surface area contributed by atoms with Crippen LogP contribution < -0.4 is 31.9 Å².